The van der Waals surface area contributed by atoms with Crippen LogP contribution in [0, 0.1) is 6.92 Å². The van der Waals surface area contributed by atoms with Crippen LogP contribution in [0.4, 0.5) is 5.69 Å². The SMILES string of the molecule is Cc1cccc(NC(=S)N/N=C\c2ccccc2Cl)c1. The van der Waals surface area contributed by atoms with E-state index in [2.05, 4.69) is 15.8 Å². The van der Waals surface area contributed by atoms with Gasteiger partial charge in [-0.2, -0.15) is 5.10 Å². The van der Waals surface area contributed by atoms with E-state index in [1.54, 1.807) is 6.21 Å². The van der Waals surface area contributed by atoms with Crippen molar-refractivity contribution in [3.63, 3.8) is 0 Å². The van der Waals surface area contributed by atoms with Gasteiger partial charge in [0.25, 0.3) is 0 Å². The van der Waals surface area contributed by atoms with E-state index in [-0.39, 0.29) is 0 Å². The fourth-order valence-corrected chi connectivity index (χ4v) is 1.98. The standard InChI is InChI=1S/C15H14ClN3S/c1-11-5-4-7-13(9-11)18-15(20)19-17-10-12-6-2-3-8-14(12)16/h2-10H,1H3,(H2,18,19,20)/b17-10-. The maximum Gasteiger partial charge on any atom is 0.191 e. The number of halogens is 1. The first-order valence-electron chi connectivity index (χ1n) is 6.06. The normalized spacial score (nSPS) is 10.5. The third-order valence-electron chi connectivity index (χ3n) is 2.55. The monoisotopic (exact) mass is 303 g/mol. The van der Waals surface area contributed by atoms with E-state index in [1.807, 2.05) is 55.5 Å². The molecule has 20 heavy (non-hydrogen) atoms. The van der Waals surface area contributed by atoms with Crippen LogP contribution in [-0.2, 0) is 0 Å². The second-order valence-electron chi connectivity index (χ2n) is 4.22. The van der Waals surface area contributed by atoms with Crippen molar-refractivity contribution in [3.8, 4) is 0 Å². The van der Waals surface area contributed by atoms with Gasteiger partial charge in [0, 0.05) is 16.3 Å². The Hall–Kier alpha value is -1.91. The molecule has 0 bridgehead atoms. The molecule has 0 aliphatic rings. The molecule has 0 saturated heterocycles. The van der Waals surface area contributed by atoms with E-state index < -0.39 is 0 Å². The predicted octanol–water partition coefficient (Wildman–Crippen LogP) is 3.97. The highest BCUT2D eigenvalue weighted by Crippen LogP contribution is 2.12. The van der Waals surface area contributed by atoms with Gasteiger partial charge in [-0.3, -0.25) is 5.43 Å². The molecule has 2 N–H and O–H groups in total. The number of thiocarbonyl (C=S) groups is 1. The number of benzene rings is 2. The zero-order valence-corrected chi connectivity index (χ0v) is 12.5. The molecule has 0 radical (unpaired) electrons. The lowest BCUT2D eigenvalue weighted by atomic mass is 10.2. The molecule has 0 fully saturated rings. The molecule has 3 nitrogen and oxygen atoms in total. The minimum Gasteiger partial charge on any atom is -0.331 e. The van der Waals surface area contributed by atoms with Gasteiger partial charge in [-0.05, 0) is 42.9 Å². The molecule has 0 saturated carbocycles. The first kappa shape index (κ1) is 14.5. The molecule has 5 heteroatoms. The summed E-state index contributed by atoms with van der Waals surface area (Å²) in [6.45, 7) is 2.03. The predicted molar refractivity (Wildman–Crippen MR) is 89.6 cm³/mol. The van der Waals surface area contributed by atoms with E-state index in [4.69, 9.17) is 23.8 Å². The summed E-state index contributed by atoms with van der Waals surface area (Å²) in [7, 11) is 0. The average Bonchev–Trinajstić information content (AvgIpc) is 2.41. The highest BCUT2D eigenvalue weighted by molar-refractivity contribution is 7.80. The number of rotatable bonds is 3. The molecule has 0 amide bonds. The van der Waals surface area contributed by atoms with Crippen LogP contribution < -0.4 is 10.7 Å². The van der Waals surface area contributed by atoms with Crippen molar-refractivity contribution >= 4 is 40.8 Å². The van der Waals surface area contributed by atoms with Gasteiger partial charge >= 0.3 is 0 Å². The summed E-state index contributed by atoms with van der Waals surface area (Å²) >= 11 is 11.2. The molecular weight excluding hydrogens is 290 g/mol. The fraction of sp³-hybridized carbons (Fsp3) is 0.0667. The lowest BCUT2D eigenvalue weighted by Gasteiger charge is -2.07. The molecule has 0 atom stereocenters. The summed E-state index contributed by atoms with van der Waals surface area (Å²) in [5.74, 6) is 0. The average molecular weight is 304 g/mol. The summed E-state index contributed by atoms with van der Waals surface area (Å²) in [6, 6.07) is 15.4. The van der Waals surface area contributed by atoms with Gasteiger partial charge in [-0.15, -0.1) is 0 Å². The van der Waals surface area contributed by atoms with Gasteiger partial charge in [0.05, 0.1) is 6.21 Å². The molecule has 102 valence electrons. The summed E-state index contributed by atoms with van der Waals surface area (Å²) in [6.07, 6.45) is 1.63. The maximum atomic E-state index is 6.02. The van der Waals surface area contributed by atoms with Crippen LogP contribution in [0.25, 0.3) is 0 Å². The molecule has 0 aliphatic carbocycles. The van der Waals surface area contributed by atoms with E-state index in [1.165, 1.54) is 0 Å². The molecule has 2 rings (SSSR count). The number of anilines is 1. The van der Waals surface area contributed by atoms with Crippen molar-refractivity contribution in [2.45, 2.75) is 6.92 Å². The smallest absolute Gasteiger partial charge is 0.191 e. The Morgan fingerprint density at radius 3 is 2.75 bits per heavy atom. The zero-order chi connectivity index (χ0) is 14.4. The Balaban J connectivity index is 1.91. The molecule has 2 aromatic rings. The molecule has 0 spiro atoms. The third kappa shape index (κ3) is 4.33. The van der Waals surface area contributed by atoms with Crippen LogP contribution in [0.15, 0.2) is 53.6 Å². The van der Waals surface area contributed by atoms with Crippen molar-refractivity contribution in [1.82, 2.24) is 5.43 Å². The minimum absolute atomic E-state index is 0.430. The topological polar surface area (TPSA) is 36.4 Å². The Morgan fingerprint density at radius 2 is 2.00 bits per heavy atom. The summed E-state index contributed by atoms with van der Waals surface area (Å²) in [5, 5.41) is 8.19. The Bertz CT molecular complexity index is 641. The molecule has 0 aliphatic heterocycles. The Morgan fingerprint density at radius 1 is 1.20 bits per heavy atom. The zero-order valence-electron chi connectivity index (χ0n) is 10.9. The highest BCUT2D eigenvalue weighted by Gasteiger charge is 1.97. The van der Waals surface area contributed by atoms with Gasteiger partial charge in [-0.25, -0.2) is 0 Å². The van der Waals surface area contributed by atoms with Gasteiger partial charge in [0.2, 0.25) is 0 Å². The lowest BCUT2D eigenvalue weighted by Crippen LogP contribution is -2.23. The number of aryl methyl sites for hydroxylation is 1. The van der Waals surface area contributed by atoms with E-state index >= 15 is 0 Å². The van der Waals surface area contributed by atoms with Crippen molar-refractivity contribution in [1.29, 1.82) is 0 Å². The quantitative estimate of drug-likeness (QED) is 0.512. The largest absolute Gasteiger partial charge is 0.331 e. The van der Waals surface area contributed by atoms with Crippen molar-refractivity contribution < 1.29 is 0 Å². The van der Waals surface area contributed by atoms with Gasteiger partial charge in [0.1, 0.15) is 0 Å². The van der Waals surface area contributed by atoms with Crippen molar-refractivity contribution in [2.75, 3.05) is 5.32 Å². The Labute approximate surface area is 128 Å². The number of hydrazone groups is 1. The molecular formula is C15H14ClN3S. The van der Waals surface area contributed by atoms with Gasteiger partial charge in [-0.1, -0.05) is 41.9 Å². The molecule has 2 aromatic carbocycles. The van der Waals surface area contributed by atoms with Gasteiger partial charge < -0.3 is 5.32 Å². The van der Waals surface area contributed by atoms with Crippen molar-refractivity contribution in [2.24, 2.45) is 5.10 Å². The second-order valence-corrected chi connectivity index (χ2v) is 5.03. The number of nitrogens with zero attached hydrogens (tertiary/aromatic N) is 1. The summed E-state index contributed by atoms with van der Waals surface area (Å²) < 4.78 is 0. The lowest BCUT2D eigenvalue weighted by molar-refractivity contribution is 1.05. The number of hydrogen-bond acceptors (Lipinski definition) is 2. The Kier molecular flexibility index (Phi) is 5.09. The first-order chi connectivity index (χ1) is 9.65. The van der Waals surface area contributed by atoms with Crippen LogP contribution in [0.2, 0.25) is 5.02 Å². The minimum atomic E-state index is 0.430. The van der Waals surface area contributed by atoms with Crippen molar-refractivity contribution in [3.05, 3.63) is 64.7 Å². The van der Waals surface area contributed by atoms with Crippen LogP contribution >= 0.6 is 23.8 Å². The van der Waals surface area contributed by atoms with Crippen LogP contribution in [0.5, 0.6) is 0 Å². The number of hydrogen-bond donors (Lipinski definition) is 2. The third-order valence-corrected chi connectivity index (χ3v) is 3.09. The first-order valence-corrected chi connectivity index (χ1v) is 6.85. The second kappa shape index (κ2) is 7.03. The number of nitrogens with one attached hydrogen (secondary N) is 2. The maximum absolute atomic E-state index is 6.02. The van der Waals surface area contributed by atoms with Crippen LogP contribution in [0.1, 0.15) is 11.1 Å². The van der Waals surface area contributed by atoms with E-state index in [0.29, 0.717) is 10.1 Å². The summed E-state index contributed by atoms with van der Waals surface area (Å²) in [5.41, 5.74) is 5.68. The van der Waals surface area contributed by atoms with E-state index in [9.17, 15) is 0 Å². The molecule has 0 unspecified atom stereocenters. The highest BCUT2D eigenvalue weighted by atomic mass is 35.5. The van der Waals surface area contributed by atoms with Crippen LogP contribution in [0.3, 0.4) is 0 Å². The summed E-state index contributed by atoms with van der Waals surface area (Å²) in [4.78, 5) is 0. The van der Waals surface area contributed by atoms with Gasteiger partial charge in [0.15, 0.2) is 5.11 Å². The fourth-order valence-electron chi connectivity index (χ4n) is 1.62. The van der Waals surface area contributed by atoms with E-state index in [0.717, 1.165) is 16.8 Å². The molecule has 0 aromatic heterocycles. The van der Waals surface area contributed by atoms with Crippen LogP contribution in [-0.4, -0.2) is 11.3 Å². The molecule has 0 heterocycles.